The molecule has 118 valence electrons. The summed E-state index contributed by atoms with van der Waals surface area (Å²) in [5.74, 6) is 1.52. The molecule has 6 heteroatoms. The molecule has 0 aliphatic heterocycles. The first-order chi connectivity index (χ1) is 11.2. The number of rotatable bonds is 6. The summed E-state index contributed by atoms with van der Waals surface area (Å²) in [6.07, 6.45) is 0. The van der Waals surface area contributed by atoms with Crippen molar-refractivity contribution >= 4 is 28.7 Å². The van der Waals surface area contributed by atoms with Crippen molar-refractivity contribution in [1.29, 1.82) is 0 Å². The molecule has 5 nitrogen and oxygen atoms in total. The maximum atomic E-state index is 12.0. The van der Waals surface area contributed by atoms with Gasteiger partial charge >= 0.3 is 0 Å². The lowest BCUT2D eigenvalue weighted by molar-refractivity contribution is 0.0956. The maximum Gasteiger partial charge on any atom is 0.251 e. The lowest BCUT2D eigenvalue weighted by atomic mass is 10.1. The monoisotopic (exact) mass is 326 g/mol. The van der Waals surface area contributed by atoms with E-state index in [1.165, 1.54) is 0 Å². The number of carbonyl (C=O) groups is 1. The Morgan fingerprint density at radius 1 is 1.17 bits per heavy atom. The second-order valence-electron chi connectivity index (χ2n) is 5.24. The number of para-hydroxylation sites is 1. The predicted molar refractivity (Wildman–Crippen MR) is 93.5 cm³/mol. The van der Waals surface area contributed by atoms with Gasteiger partial charge in [-0.15, -0.1) is 16.9 Å². The third-order valence-corrected chi connectivity index (χ3v) is 4.40. The molecule has 0 aliphatic rings. The number of hydrogen-bond acceptors (Lipinski definition) is 4. The Balaban J connectivity index is 1.43. The van der Waals surface area contributed by atoms with E-state index in [-0.39, 0.29) is 5.91 Å². The molecule has 0 fully saturated rings. The SMILES string of the molecule is Cc1ccc(C(=O)NCCSCn2nnc3ccccc32)cc1. The van der Waals surface area contributed by atoms with Gasteiger partial charge in [0.2, 0.25) is 0 Å². The first-order valence-corrected chi connectivity index (χ1v) is 8.60. The first-order valence-electron chi connectivity index (χ1n) is 7.45. The van der Waals surface area contributed by atoms with Crippen LogP contribution in [-0.2, 0) is 5.88 Å². The molecule has 1 heterocycles. The minimum atomic E-state index is -0.0307. The second-order valence-corrected chi connectivity index (χ2v) is 6.31. The maximum absolute atomic E-state index is 12.0. The topological polar surface area (TPSA) is 59.8 Å². The van der Waals surface area contributed by atoms with Crippen LogP contribution in [0.15, 0.2) is 48.5 Å². The van der Waals surface area contributed by atoms with Crippen molar-refractivity contribution in [2.45, 2.75) is 12.8 Å². The third-order valence-electron chi connectivity index (χ3n) is 3.48. The molecule has 0 aliphatic carbocycles. The van der Waals surface area contributed by atoms with E-state index >= 15 is 0 Å². The Bertz CT molecular complexity index is 798. The van der Waals surface area contributed by atoms with Gasteiger partial charge in [-0.05, 0) is 31.2 Å². The minimum absolute atomic E-state index is 0.0307. The quantitative estimate of drug-likeness (QED) is 0.708. The van der Waals surface area contributed by atoms with E-state index in [9.17, 15) is 4.79 Å². The van der Waals surface area contributed by atoms with E-state index in [4.69, 9.17) is 0 Å². The molecule has 3 rings (SSSR count). The Morgan fingerprint density at radius 2 is 1.96 bits per heavy atom. The molecular formula is C17H18N4OS. The predicted octanol–water partition coefficient (Wildman–Crippen LogP) is 2.86. The van der Waals surface area contributed by atoms with Gasteiger partial charge in [-0.2, -0.15) is 0 Å². The van der Waals surface area contributed by atoms with E-state index in [0.717, 1.165) is 28.2 Å². The van der Waals surface area contributed by atoms with Crippen LogP contribution in [0.2, 0.25) is 0 Å². The summed E-state index contributed by atoms with van der Waals surface area (Å²) in [5.41, 5.74) is 3.78. The molecule has 0 radical (unpaired) electrons. The number of fused-ring (bicyclic) bond motifs is 1. The zero-order chi connectivity index (χ0) is 16.1. The minimum Gasteiger partial charge on any atom is -0.351 e. The highest BCUT2D eigenvalue weighted by atomic mass is 32.2. The number of nitrogens with zero attached hydrogens (tertiary/aromatic N) is 3. The largest absolute Gasteiger partial charge is 0.351 e. The Morgan fingerprint density at radius 3 is 2.78 bits per heavy atom. The summed E-state index contributed by atoms with van der Waals surface area (Å²) < 4.78 is 1.88. The second kappa shape index (κ2) is 7.28. The van der Waals surface area contributed by atoms with Gasteiger partial charge in [0.1, 0.15) is 5.52 Å². The van der Waals surface area contributed by atoms with Crippen molar-refractivity contribution in [2.24, 2.45) is 0 Å². The number of nitrogens with one attached hydrogen (secondary N) is 1. The van der Waals surface area contributed by atoms with Gasteiger partial charge in [-0.3, -0.25) is 4.79 Å². The number of amides is 1. The average molecular weight is 326 g/mol. The van der Waals surface area contributed by atoms with Crippen LogP contribution >= 0.6 is 11.8 Å². The first kappa shape index (κ1) is 15.6. The number of thioether (sulfide) groups is 1. The number of benzene rings is 2. The molecule has 0 saturated carbocycles. The fourth-order valence-electron chi connectivity index (χ4n) is 2.21. The van der Waals surface area contributed by atoms with Crippen molar-refractivity contribution in [3.05, 3.63) is 59.7 Å². The lowest BCUT2D eigenvalue weighted by Gasteiger charge is -2.06. The number of hydrogen-bond donors (Lipinski definition) is 1. The average Bonchev–Trinajstić information content (AvgIpc) is 2.98. The molecule has 0 saturated heterocycles. The summed E-state index contributed by atoms with van der Waals surface area (Å²) in [6.45, 7) is 2.64. The molecule has 23 heavy (non-hydrogen) atoms. The molecule has 0 bridgehead atoms. The molecule has 0 unspecified atom stereocenters. The van der Waals surface area contributed by atoms with Gasteiger partial charge in [0.15, 0.2) is 0 Å². The zero-order valence-corrected chi connectivity index (χ0v) is 13.7. The summed E-state index contributed by atoms with van der Waals surface area (Å²) in [6, 6.07) is 15.5. The zero-order valence-electron chi connectivity index (χ0n) is 12.9. The van der Waals surface area contributed by atoms with Crippen molar-refractivity contribution in [3.63, 3.8) is 0 Å². The fourth-order valence-corrected chi connectivity index (χ4v) is 2.95. The summed E-state index contributed by atoms with van der Waals surface area (Å²) in [4.78, 5) is 12.0. The van der Waals surface area contributed by atoms with Gasteiger partial charge in [-0.25, -0.2) is 4.68 Å². The van der Waals surface area contributed by atoms with E-state index in [2.05, 4.69) is 15.6 Å². The van der Waals surface area contributed by atoms with E-state index in [1.807, 2.05) is 60.1 Å². The molecule has 2 aromatic carbocycles. The normalized spacial score (nSPS) is 10.8. The van der Waals surface area contributed by atoms with Crippen molar-refractivity contribution in [3.8, 4) is 0 Å². The highest BCUT2D eigenvalue weighted by Crippen LogP contribution is 2.13. The number of aromatic nitrogens is 3. The molecule has 1 aromatic heterocycles. The molecule has 0 atom stereocenters. The summed E-state index contributed by atoms with van der Waals surface area (Å²) in [7, 11) is 0. The molecular weight excluding hydrogens is 308 g/mol. The van der Waals surface area contributed by atoms with Gasteiger partial charge in [-0.1, -0.05) is 35.0 Å². The fraction of sp³-hybridized carbons (Fsp3) is 0.235. The Hall–Kier alpha value is -2.34. The summed E-state index contributed by atoms with van der Waals surface area (Å²) >= 11 is 1.71. The molecule has 1 N–H and O–H groups in total. The van der Waals surface area contributed by atoms with Crippen LogP contribution in [0.4, 0.5) is 0 Å². The molecule has 3 aromatic rings. The highest BCUT2D eigenvalue weighted by molar-refractivity contribution is 7.98. The van der Waals surface area contributed by atoms with Crippen LogP contribution in [0.5, 0.6) is 0 Å². The van der Waals surface area contributed by atoms with Crippen molar-refractivity contribution < 1.29 is 4.79 Å². The third kappa shape index (κ3) is 3.90. The van der Waals surface area contributed by atoms with E-state index in [0.29, 0.717) is 12.1 Å². The smallest absolute Gasteiger partial charge is 0.251 e. The molecule has 1 amide bonds. The standard InChI is InChI=1S/C17H18N4OS/c1-13-6-8-14(9-7-13)17(22)18-10-11-23-12-21-16-5-3-2-4-15(16)19-20-21/h2-9H,10-12H2,1H3,(H,18,22). The lowest BCUT2D eigenvalue weighted by Crippen LogP contribution is -2.25. The van der Waals surface area contributed by atoms with E-state index < -0.39 is 0 Å². The highest BCUT2D eigenvalue weighted by Gasteiger charge is 2.05. The van der Waals surface area contributed by atoms with Gasteiger partial charge in [0.25, 0.3) is 5.91 Å². The van der Waals surface area contributed by atoms with Crippen LogP contribution < -0.4 is 5.32 Å². The van der Waals surface area contributed by atoms with Crippen molar-refractivity contribution in [1.82, 2.24) is 20.3 Å². The van der Waals surface area contributed by atoms with Gasteiger partial charge in [0.05, 0.1) is 11.4 Å². The summed E-state index contributed by atoms with van der Waals surface area (Å²) in [5, 5.41) is 11.2. The van der Waals surface area contributed by atoms with Crippen LogP contribution in [0.3, 0.4) is 0 Å². The van der Waals surface area contributed by atoms with Crippen LogP contribution in [0.1, 0.15) is 15.9 Å². The van der Waals surface area contributed by atoms with Crippen LogP contribution in [-0.4, -0.2) is 33.2 Å². The van der Waals surface area contributed by atoms with Gasteiger partial charge in [0, 0.05) is 17.9 Å². The Kier molecular flexibility index (Phi) is 4.92. The van der Waals surface area contributed by atoms with Crippen LogP contribution in [0.25, 0.3) is 11.0 Å². The van der Waals surface area contributed by atoms with Gasteiger partial charge < -0.3 is 5.32 Å². The van der Waals surface area contributed by atoms with E-state index in [1.54, 1.807) is 11.8 Å². The van der Waals surface area contributed by atoms with Crippen molar-refractivity contribution in [2.75, 3.05) is 12.3 Å². The van der Waals surface area contributed by atoms with Crippen LogP contribution in [0, 0.1) is 6.92 Å². The Labute approximate surface area is 139 Å². The number of aryl methyl sites for hydroxylation is 1. The molecule has 0 spiro atoms. The number of carbonyl (C=O) groups excluding carboxylic acids is 1.